The first-order chi connectivity index (χ1) is 7.08. The Morgan fingerprint density at radius 3 is 2.73 bits per heavy atom. The summed E-state index contributed by atoms with van der Waals surface area (Å²) in [5.74, 6) is 0.788. The molecule has 0 amide bonds. The number of rotatable bonds is 8. The van der Waals surface area contributed by atoms with Crippen LogP contribution in [0.5, 0.6) is 0 Å². The van der Waals surface area contributed by atoms with E-state index in [0.29, 0.717) is 5.92 Å². The summed E-state index contributed by atoms with van der Waals surface area (Å²) in [6.07, 6.45) is 7.64. The SMILES string of the molecule is C[C@H](CCCC1CC1)C[C@H](N)CC(=O)O. The van der Waals surface area contributed by atoms with Crippen LogP contribution in [0.2, 0.25) is 0 Å². The standard InChI is InChI=1S/C12H23NO2/c1-9(3-2-4-10-5-6-10)7-11(13)8-12(14)15/h9-11H,2-8,13H2,1H3,(H,14,15)/t9-,11+/m1/s1. The highest BCUT2D eigenvalue weighted by Crippen LogP contribution is 2.34. The third kappa shape index (κ3) is 6.50. The van der Waals surface area contributed by atoms with Gasteiger partial charge in [-0.2, -0.15) is 0 Å². The smallest absolute Gasteiger partial charge is 0.304 e. The summed E-state index contributed by atoms with van der Waals surface area (Å²) in [6, 6.07) is -0.168. The zero-order valence-corrected chi connectivity index (χ0v) is 9.61. The molecule has 15 heavy (non-hydrogen) atoms. The lowest BCUT2D eigenvalue weighted by molar-refractivity contribution is -0.137. The molecule has 0 aliphatic heterocycles. The highest BCUT2D eigenvalue weighted by molar-refractivity contribution is 5.67. The van der Waals surface area contributed by atoms with Crippen LogP contribution in [-0.2, 0) is 4.79 Å². The van der Waals surface area contributed by atoms with Crippen molar-refractivity contribution in [3.63, 3.8) is 0 Å². The van der Waals surface area contributed by atoms with Gasteiger partial charge in [0.05, 0.1) is 6.42 Å². The molecule has 1 aliphatic carbocycles. The van der Waals surface area contributed by atoms with Gasteiger partial charge in [0.25, 0.3) is 0 Å². The molecule has 88 valence electrons. The predicted octanol–water partition coefficient (Wildman–Crippen LogP) is 2.39. The number of aliphatic carboxylic acids is 1. The average molecular weight is 213 g/mol. The minimum Gasteiger partial charge on any atom is -0.481 e. The second kappa shape index (κ2) is 6.11. The quantitative estimate of drug-likeness (QED) is 0.650. The van der Waals surface area contributed by atoms with Gasteiger partial charge in [-0.3, -0.25) is 4.79 Å². The van der Waals surface area contributed by atoms with Crippen molar-refractivity contribution in [1.29, 1.82) is 0 Å². The summed E-state index contributed by atoms with van der Waals surface area (Å²) in [7, 11) is 0. The lowest BCUT2D eigenvalue weighted by atomic mass is 9.94. The largest absolute Gasteiger partial charge is 0.481 e. The summed E-state index contributed by atoms with van der Waals surface area (Å²) in [6.45, 7) is 2.18. The number of carbonyl (C=O) groups is 1. The van der Waals surface area contributed by atoms with Gasteiger partial charge in [0, 0.05) is 6.04 Å². The zero-order valence-electron chi connectivity index (χ0n) is 9.61. The van der Waals surface area contributed by atoms with Gasteiger partial charge in [0.2, 0.25) is 0 Å². The molecule has 0 aromatic carbocycles. The van der Waals surface area contributed by atoms with Crippen LogP contribution in [0.25, 0.3) is 0 Å². The molecule has 0 bridgehead atoms. The van der Waals surface area contributed by atoms with E-state index in [-0.39, 0.29) is 12.5 Å². The van der Waals surface area contributed by atoms with E-state index in [0.717, 1.165) is 12.3 Å². The van der Waals surface area contributed by atoms with Crippen LogP contribution in [-0.4, -0.2) is 17.1 Å². The van der Waals surface area contributed by atoms with Crippen molar-refractivity contribution >= 4 is 5.97 Å². The molecule has 0 heterocycles. The number of carboxylic acids is 1. The summed E-state index contributed by atoms with van der Waals surface area (Å²) in [5, 5.41) is 8.57. The van der Waals surface area contributed by atoms with Crippen molar-refractivity contribution in [1.82, 2.24) is 0 Å². The first kappa shape index (κ1) is 12.5. The van der Waals surface area contributed by atoms with Gasteiger partial charge in [-0.15, -0.1) is 0 Å². The van der Waals surface area contributed by atoms with E-state index in [9.17, 15) is 4.79 Å². The normalized spacial score (nSPS) is 19.9. The molecule has 3 heteroatoms. The van der Waals surface area contributed by atoms with Crippen LogP contribution < -0.4 is 5.73 Å². The number of hydrogen-bond donors (Lipinski definition) is 2. The van der Waals surface area contributed by atoms with E-state index >= 15 is 0 Å². The minimum atomic E-state index is -0.785. The van der Waals surface area contributed by atoms with Crippen LogP contribution in [0.15, 0.2) is 0 Å². The predicted molar refractivity (Wildman–Crippen MR) is 60.6 cm³/mol. The van der Waals surface area contributed by atoms with E-state index in [1.54, 1.807) is 0 Å². The molecule has 3 N–H and O–H groups in total. The van der Waals surface area contributed by atoms with Crippen molar-refractivity contribution in [2.45, 2.75) is 57.9 Å². The van der Waals surface area contributed by atoms with Crippen LogP contribution in [0.3, 0.4) is 0 Å². The molecule has 0 unspecified atom stereocenters. The second-order valence-electron chi connectivity index (χ2n) is 5.07. The summed E-state index contributed by atoms with van der Waals surface area (Å²) >= 11 is 0. The monoisotopic (exact) mass is 213 g/mol. The molecular formula is C12H23NO2. The topological polar surface area (TPSA) is 63.3 Å². The van der Waals surface area contributed by atoms with E-state index in [4.69, 9.17) is 10.8 Å². The Labute approximate surface area is 92.0 Å². The maximum absolute atomic E-state index is 10.4. The van der Waals surface area contributed by atoms with Crippen molar-refractivity contribution in [3.8, 4) is 0 Å². The van der Waals surface area contributed by atoms with Crippen LogP contribution >= 0.6 is 0 Å². The fraction of sp³-hybridized carbons (Fsp3) is 0.917. The van der Waals surface area contributed by atoms with Gasteiger partial charge in [-0.1, -0.05) is 39.0 Å². The number of carboxylic acid groups (broad SMARTS) is 1. The van der Waals surface area contributed by atoms with Crippen molar-refractivity contribution < 1.29 is 9.90 Å². The van der Waals surface area contributed by atoms with Crippen LogP contribution in [0.1, 0.15) is 51.9 Å². The van der Waals surface area contributed by atoms with Crippen LogP contribution in [0, 0.1) is 11.8 Å². The fourth-order valence-electron chi connectivity index (χ4n) is 2.10. The van der Waals surface area contributed by atoms with Gasteiger partial charge >= 0.3 is 5.97 Å². The van der Waals surface area contributed by atoms with Crippen molar-refractivity contribution in [3.05, 3.63) is 0 Å². The summed E-state index contributed by atoms with van der Waals surface area (Å²) in [5.41, 5.74) is 5.74. The molecule has 1 saturated carbocycles. The Kier molecular flexibility index (Phi) is 5.09. The molecule has 2 atom stereocenters. The Morgan fingerprint density at radius 2 is 2.20 bits per heavy atom. The maximum atomic E-state index is 10.4. The molecule has 0 radical (unpaired) electrons. The molecule has 1 aliphatic rings. The summed E-state index contributed by atoms with van der Waals surface area (Å²) in [4.78, 5) is 10.4. The second-order valence-corrected chi connectivity index (χ2v) is 5.07. The highest BCUT2D eigenvalue weighted by atomic mass is 16.4. The number of nitrogens with two attached hydrogens (primary N) is 1. The maximum Gasteiger partial charge on any atom is 0.304 e. The molecule has 0 aromatic heterocycles. The number of hydrogen-bond acceptors (Lipinski definition) is 2. The third-order valence-electron chi connectivity index (χ3n) is 3.15. The van der Waals surface area contributed by atoms with Crippen molar-refractivity contribution in [2.24, 2.45) is 17.6 Å². The Bertz CT molecular complexity index is 202. The average Bonchev–Trinajstić information content (AvgIpc) is 2.85. The molecule has 0 aromatic rings. The molecule has 1 rings (SSSR count). The van der Waals surface area contributed by atoms with Crippen LogP contribution in [0.4, 0.5) is 0 Å². The zero-order chi connectivity index (χ0) is 11.3. The molecule has 3 nitrogen and oxygen atoms in total. The fourth-order valence-corrected chi connectivity index (χ4v) is 2.10. The lowest BCUT2D eigenvalue weighted by Gasteiger charge is -2.15. The first-order valence-corrected chi connectivity index (χ1v) is 6.05. The molecule has 0 spiro atoms. The van der Waals surface area contributed by atoms with Gasteiger partial charge in [-0.05, 0) is 18.3 Å². The highest BCUT2D eigenvalue weighted by Gasteiger charge is 2.20. The van der Waals surface area contributed by atoms with Gasteiger partial charge in [0.15, 0.2) is 0 Å². The van der Waals surface area contributed by atoms with E-state index < -0.39 is 5.97 Å². The first-order valence-electron chi connectivity index (χ1n) is 6.05. The van der Waals surface area contributed by atoms with Crippen molar-refractivity contribution in [2.75, 3.05) is 0 Å². The summed E-state index contributed by atoms with van der Waals surface area (Å²) < 4.78 is 0. The Balaban J connectivity index is 1.99. The van der Waals surface area contributed by atoms with E-state index in [1.807, 2.05) is 0 Å². The lowest BCUT2D eigenvalue weighted by Crippen LogP contribution is -2.25. The Hall–Kier alpha value is -0.570. The van der Waals surface area contributed by atoms with E-state index in [2.05, 4.69) is 6.92 Å². The van der Waals surface area contributed by atoms with Gasteiger partial charge in [-0.25, -0.2) is 0 Å². The van der Waals surface area contributed by atoms with Gasteiger partial charge < -0.3 is 10.8 Å². The van der Waals surface area contributed by atoms with Gasteiger partial charge in [0.1, 0.15) is 0 Å². The minimum absolute atomic E-state index is 0.104. The molecular weight excluding hydrogens is 190 g/mol. The third-order valence-corrected chi connectivity index (χ3v) is 3.15. The van der Waals surface area contributed by atoms with E-state index in [1.165, 1.54) is 32.1 Å². The molecule has 0 saturated heterocycles. The Morgan fingerprint density at radius 1 is 1.53 bits per heavy atom. The molecule has 1 fully saturated rings.